The number of hydrogen-bond donors (Lipinski definition) is 2. The van der Waals surface area contributed by atoms with Gasteiger partial charge in [-0.1, -0.05) is 0 Å². The summed E-state index contributed by atoms with van der Waals surface area (Å²) in [6.45, 7) is 7.51. The van der Waals surface area contributed by atoms with Crippen molar-refractivity contribution in [1.82, 2.24) is 9.44 Å². The maximum atomic E-state index is 12.4. The minimum atomic E-state index is -3.54. The van der Waals surface area contributed by atoms with Crippen LogP contribution in [0.5, 0.6) is 0 Å². The van der Waals surface area contributed by atoms with Crippen LogP contribution >= 0.6 is 0 Å². The Balaban J connectivity index is 1.82. The third kappa shape index (κ3) is 7.67. The van der Waals surface area contributed by atoms with Gasteiger partial charge in [-0.2, -0.15) is 0 Å². The molecular formula is C20H28N2O4S2Te. The second-order valence-electron chi connectivity index (χ2n) is 7.21. The topological polar surface area (TPSA) is 92.3 Å². The van der Waals surface area contributed by atoms with Crippen molar-refractivity contribution in [2.24, 2.45) is 0 Å². The number of benzene rings is 2. The molecule has 0 unspecified atom stereocenters. The molecular weight excluding hydrogens is 524 g/mol. The van der Waals surface area contributed by atoms with Crippen molar-refractivity contribution in [1.29, 1.82) is 0 Å². The van der Waals surface area contributed by atoms with Crippen LogP contribution in [0.15, 0.2) is 58.3 Å². The Morgan fingerprint density at radius 1 is 0.690 bits per heavy atom. The van der Waals surface area contributed by atoms with E-state index in [1.165, 1.54) is 0 Å². The number of hydrogen-bond acceptors (Lipinski definition) is 4. The normalized spacial score (nSPS) is 14.5. The van der Waals surface area contributed by atoms with Crippen LogP contribution in [0.4, 0.5) is 0 Å². The predicted molar refractivity (Wildman–Crippen MR) is 117 cm³/mol. The van der Waals surface area contributed by atoms with E-state index in [1.54, 1.807) is 48.5 Å². The van der Waals surface area contributed by atoms with Crippen molar-refractivity contribution in [3.8, 4) is 0 Å². The first-order valence-corrected chi connectivity index (χ1v) is 15.5. The fourth-order valence-corrected chi connectivity index (χ4v) is 8.62. The molecule has 0 aliphatic carbocycles. The second kappa shape index (κ2) is 10.4. The average molecular weight is 552 g/mol. The van der Waals surface area contributed by atoms with E-state index in [0.717, 1.165) is 20.1 Å². The summed E-state index contributed by atoms with van der Waals surface area (Å²) in [5.41, 5.74) is 2.01. The summed E-state index contributed by atoms with van der Waals surface area (Å²) in [7, 11) is -7.07. The van der Waals surface area contributed by atoms with Gasteiger partial charge in [-0.3, -0.25) is 0 Å². The molecule has 6 nitrogen and oxygen atoms in total. The molecule has 0 heterocycles. The molecule has 0 radical (unpaired) electrons. The zero-order chi connectivity index (χ0) is 21.7. The van der Waals surface area contributed by atoms with E-state index < -0.39 is 41.0 Å². The summed E-state index contributed by atoms with van der Waals surface area (Å²) in [5.74, 6) is 0. The molecule has 9 heteroatoms. The minimum absolute atomic E-state index is 0.190. The van der Waals surface area contributed by atoms with E-state index in [2.05, 4.69) is 9.44 Å². The Hall–Kier alpha value is -0.950. The molecule has 0 fully saturated rings. The third-order valence-electron chi connectivity index (χ3n) is 4.11. The molecule has 2 rings (SSSR count). The van der Waals surface area contributed by atoms with Gasteiger partial charge >= 0.3 is 185 Å². The first-order chi connectivity index (χ1) is 13.5. The van der Waals surface area contributed by atoms with Gasteiger partial charge in [-0.05, 0) is 0 Å². The van der Waals surface area contributed by atoms with E-state index in [9.17, 15) is 16.8 Å². The Bertz CT molecular complexity index is 922. The summed E-state index contributed by atoms with van der Waals surface area (Å²) in [6.07, 6.45) is 0. The van der Waals surface area contributed by atoms with Gasteiger partial charge in [0, 0.05) is 0 Å². The van der Waals surface area contributed by atoms with Crippen molar-refractivity contribution < 1.29 is 16.8 Å². The SMILES string of the molecule is Cc1ccc(S(=O)(=O)N[C@@H](C)C[Te]C[C@H](C)NS(=O)(=O)c2ccc(C)cc2)cc1. The summed E-state index contributed by atoms with van der Waals surface area (Å²) in [6, 6.07) is 13.1. The Morgan fingerprint density at radius 2 is 1.00 bits per heavy atom. The third-order valence-corrected chi connectivity index (χ3v) is 11.5. The Kier molecular flexibility index (Phi) is 8.71. The average Bonchev–Trinajstić information content (AvgIpc) is 2.61. The molecule has 0 aromatic heterocycles. The van der Waals surface area contributed by atoms with Crippen LogP contribution in [-0.2, 0) is 20.0 Å². The summed E-state index contributed by atoms with van der Waals surface area (Å²) in [5, 5.41) is 0. The molecule has 160 valence electrons. The van der Waals surface area contributed by atoms with Crippen molar-refractivity contribution >= 4 is 41.0 Å². The van der Waals surface area contributed by atoms with E-state index in [4.69, 9.17) is 0 Å². The van der Waals surface area contributed by atoms with Crippen LogP contribution in [0.3, 0.4) is 0 Å². The predicted octanol–water partition coefficient (Wildman–Crippen LogP) is 2.88. The summed E-state index contributed by atoms with van der Waals surface area (Å²) < 4.78 is 56.6. The Morgan fingerprint density at radius 3 is 1.31 bits per heavy atom. The molecule has 0 saturated carbocycles. The van der Waals surface area contributed by atoms with Gasteiger partial charge in [0.1, 0.15) is 0 Å². The van der Waals surface area contributed by atoms with Gasteiger partial charge in [0.05, 0.1) is 0 Å². The fourth-order valence-electron chi connectivity index (χ4n) is 2.59. The van der Waals surface area contributed by atoms with Crippen molar-refractivity contribution in [3.63, 3.8) is 0 Å². The maximum absolute atomic E-state index is 12.4. The molecule has 29 heavy (non-hydrogen) atoms. The molecule has 0 aliphatic rings. The van der Waals surface area contributed by atoms with Gasteiger partial charge in [0.2, 0.25) is 0 Å². The van der Waals surface area contributed by atoms with Gasteiger partial charge in [-0.15, -0.1) is 0 Å². The number of nitrogens with one attached hydrogen (secondary N) is 2. The van der Waals surface area contributed by atoms with E-state index in [0.29, 0.717) is 0 Å². The number of sulfonamides is 2. The second-order valence-corrected chi connectivity index (χ2v) is 13.7. The van der Waals surface area contributed by atoms with Crippen LogP contribution in [0, 0.1) is 13.8 Å². The van der Waals surface area contributed by atoms with E-state index in [-0.39, 0.29) is 21.9 Å². The Labute approximate surface area is 184 Å². The molecule has 0 spiro atoms. The van der Waals surface area contributed by atoms with E-state index in [1.807, 2.05) is 27.7 Å². The quantitative estimate of drug-likeness (QED) is 0.444. The van der Waals surface area contributed by atoms with E-state index >= 15 is 0 Å². The first kappa shape index (κ1) is 24.3. The first-order valence-electron chi connectivity index (χ1n) is 9.25. The van der Waals surface area contributed by atoms with Crippen LogP contribution in [0.2, 0.25) is 8.94 Å². The summed E-state index contributed by atoms with van der Waals surface area (Å²) in [4.78, 5) is 0.518. The molecule has 0 amide bonds. The summed E-state index contributed by atoms with van der Waals surface area (Å²) >= 11 is -0.562. The van der Waals surface area contributed by atoms with Crippen LogP contribution in [0.25, 0.3) is 0 Å². The van der Waals surface area contributed by atoms with Gasteiger partial charge in [-0.25, -0.2) is 0 Å². The fraction of sp³-hybridized carbons (Fsp3) is 0.400. The van der Waals surface area contributed by atoms with Crippen LogP contribution < -0.4 is 9.44 Å². The van der Waals surface area contributed by atoms with Crippen molar-refractivity contribution in [2.45, 2.75) is 58.5 Å². The van der Waals surface area contributed by atoms with Gasteiger partial charge < -0.3 is 0 Å². The van der Waals surface area contributed by atoms with Crippen molar-refractivity contribution in [3.05, 3.63) is 59.7 Å². The molecule has 2 atom stereocenters. The van der Waals surface area contributed by atoms with Gasteiger partial charge in [0.25, 0.3) is 0 Å². The van der Waals surface area contributed by atoms with Crippen molar-refractivity contribution in [2.75, 3.05) is 0 Å². The number of rotatable bonds is 10. The molecule has 0 bridgehead atoms. The zero-order valence-electron chi connectivity index (χ0n) is 17.0. The molecule has 2 N–H and O–H groups in total. The van der Waals surface area contributed by atoms with Crippen LogP contribution in [-0.4, -0.2) is 49.8 Å². The molecule has 2 aromatic carbocycles. The zero-order valence-corrected chi connectivity index (χ0v) is 21.0. The van der Waals surface area contributed by atoms with Gasteiger partial charge in [0.15, 0.2) is 0 Å². The van der Waals surface area contributed by atoms with Crippen LogP contribution in [0.1, 0.15) is 25.0 Å². The monoisotopic (exact) mass is 554 g/mol. The molecule has 2 aromatic rings. The molecule has 0 saturated heterocycles. The molecule has 0 aliphatic heterocycles. The number of aryl methyl sites for hydroxylation is 2. The standard InChI is InChI=1S/C20H28N2O4S2Te/c1-15-5-9-19(10-6-15)27(23,24)21-17(3)13-29-14-18(4)22-28(25,26)20-11-7-16(2)8-12-20/h5-12,17-18,21-22H,13-14H2,1-4H3/t17-,18-/m0/s1.